The van der Waals surface area contributed by atoms with Crippen molar-refractivity contribution in [1.29, 1.82) is 0 Å². The second-order valence-corrected chi connectivity index (χ2v) is 7.77. The Hall–Kier alpha value is -0.545. The van der Waals surface area contributed by atoms with Crippen LogP contribution < -0.4 is 5.73 Å². The summed E-state index contributed by atoms with van der Waals surface area (Å²) < 4.78 is 12.6. The van der Waals surface area contributed by atoms with Crippen LogP contribution in [0.15, 0.2) is 30.3 Å². The van der Waals surface area contributed by atoms with Crippen molar-refractivity contribution < 1.29 is 9.31 Å². The molecule has 22 heavy (non-hydrogen) atoms. The van der Waals surface area contributed by atoms with Gasteiger partial charge < -0.3 is 15.0 Å². The van der Waals surface area contributed by atoms with Crippen molar-refractivity contribution in [2.24, 2.45) is 23.0 Å². The predicted molar refractivity (Wildman–Crippen MR) is 90.7 cm³/mol. The van der Waals surface area contributed by atoms with Crippen LogP contribution >= 0.6 is 12.4 Å². The molecule has 5 rings (SSSR count). The molecule has 3 nitrogen and oxygen atoms in total. The number of halogens is 1. The van der Waals surface area contributed by atoms with Gasteiger partial charge in [-0.25, -0.2) is 0 Å². The number of benzene rings is 1. The zero-order valence-corrected chi connectivity index (χ0v) is 14.3. The van der Waals surface area contributed by atoms with Gasteiger partial charge in [0.05, 0.1) is 17.6 Å². The monoisotopic (exact) mass is 321 g/mol. The first kappa shape index (κ1) is 16.3. The molecule has 1 aliphatic heterocycles. The van der Waals surface area contributed by atoms with E-state index in [4.69, 9.17) is 15.0 Å². The number of nitrogens with two attached hydrogens (primary N) is 1. The first-order valence-electron chi connectivity index (χ1n) is 8.06. The molecule has 1 saturated heterocycles. The molecule has 0 spiro atoms. The number of hydrogen-bond acceptors (Lipinski definition) is 3. The average molecular weight is 322 g/mol. The van der Waals surface area contributed by atoms with Gasteiger partial charge in [0.2, 0.25) is 0 Å². The molecular weight excluding hydrogens is 296 g/mol. The molecule has 2 N–H and O–H groups in total. The predicted octanol–water partition coefficient (Wildman–Crippen LogP) is 3.38. The van der Waals surface area contributed by atoms with Crippen molar-refractivity contribution in [1.82, 2.24) is 0 Å². The van der Waals surface area contributed by atoms with Crippen molar-refractivity contribution in [2.45, 2.75) is 51.3 Å². The summed E-state index contributed by atoms with van der Waals surface area (Å²) in [5, 5.41) is 0. The largest absolute Gasteiger partial charge is 0.480 e. The Morgan fingerprint density at radius 3 is 2.50 bits per heavy atom. The Kier molecular flexibility index (Phi) is 3.88. The first-order valence-corrected chi connectivity index (χ1v) is 8.06. The molecule has 4 fully saturated rings. The van der Waals surface area contributed by atoms with Crippen LogP contribution in [-0.2, 0) is 9.31 Å². The first-order chi connectivity index (χ1) is 9.93. The zero-order chi connectivity index (χ0) is 14.8. The van der Waals surface area contributed by atoms with E-state index in [9.17, 15) is 0 Å². The third-order valence-corrected chi connectivity index (χ3v) is 6.45. The van der Waals surface area contributed by atoms with Crippen LogP contribution in [0, 0.1) is 17.3 Å². The molecule has 5 heteroatoms. The van der Waals surface area contributed by atoms with Crippen LogP contribution in [0.3, 0.4) is 0 Å². The van der Waals surface area contributed by atoms with Crippen molar-refractivity contribution in [3.05, 3.63) is 35.9 Å². The molecule has 4 aliphatic rings. The Morgan fingerprint density at radius 1 is 1.18 bits per heavy atom. The standard InChI is InChI=1S/C17H24BNO2.ClH/c1-16(2)12-9-13(16)17(3)14(10-12)20-18(21-17)15(19)11-7-5-4-6-8-11;/h4-8,12-15H,9-10,19H2,1-3H3;1H/t12?,13?,14?,15-,17-;/m1./s1. The third kappa shape index (κ3) is 2.08. The van der Waals surface area contributed by atoms with E-state index in [1.54, 1.807) is 0 Å². The SMILES string of the molecule is CC1(C)C2CC3OB([C@H](N)c4ccccc4)O[C@]3(C)C1C2.Cl. The molecule has 1 heterocycles. The smallest absolute Gasteiger partial charge is 0.404 e. The van der Waals surface area contributed by atoms with Gasteiger partial charge in [0.25, 0.3) is 0 Å². The highest BCUT2D eigenvalue weighted by Gasteiger charge is 2.68. The molecule has 0 radical (unpaired) electrons. The molecule has 3 saturated carbocycles. The molecule has 1 aromatic rings. The van der Waals surface area contributed by atoms with E-state index in [2.05, 4.69) is 20.8 Å². The minimum absolute atomic E-state index is 0. The van der Waals surface area contributed by atoms with Gasteiger partial charge >= 0.3 is 7.12 Å². The second-order valence-electron chi connectivity index (χ2n) is 7.77. The Labute approximate surface area is 139 Å². The lowest BCUT2D eigenvalue weighted by molar-refractivity contribution is -0.199. The van der Waals surface area contributed by atoms with E-state index in [0.29, 0.717) is 11.3 Å². The van der Waals surface area contributed by atoms with Gasteiger partial charge in [-0.15, -0.1) is 12.4 Å². The quantitative estimate of drug-likeness (QED) is 0.849. The minimum Gasteiger partial charge on any atom is -0.404 e. The molecule has 0 aromatic heterocycles. The highest BCUT2D eigenvalue weighted by molar-refractivity contribution is 6.47. The summed E-state index contributed by atoms with van der Waals surface area (Å²) in [5.74, 6) is 1.14. The van der Waals surface area contributed by atoms with Crippen LogP contribution in [-0.4, -0.2) is 18.8 Å². The maximum Gasteiger partial charge on any atom is 0.480 e. The summed E-state index contributed by atoms with van der Waals surface area (Å²) in [6.07, 6.45) is 2.59. The molecule has 2 bridgehead atoms. The molecule has 3 unspecified atom stereocenters. The van der Waals surface area contributed by atoms with E-state index in [-0.39, 0.29) is 37.2 Å². The average Bonchev–Trinajstić information content (AvgIpc) is 2.84. The van der Waals surface area contributed by atoms with Crippen LogP contribution in [0.4, 0.5) is 0 Å². The van der Waals surface area contributed by atoms with Gasteiger partial charge in [-0.1, -0.05) is 44.2 Å². The van der Waals surface area contributed by atoms with Gasteiger partial charge in [0, 0.05) is 0 Å². The fourth-order valence-corrected chi connectivity index (χ4v) is 4.88. The van der Waals surface area contributed by atoms with Crippen molar-refractivity contribution in [3.63, 3.8) is 0 Å². The summed E-state index contributed by atoms with van der Waals surface area (Å²) in [6, 6.07) is 10.1. The lowest BCUT2D eigenvalue weighted by Gasteiger charge is -2.64. The number of hydrogen-bond donors (Lipinski definition) is 1. The van der Waals surface area contributed by atoms with E-state index < -0.39 is 0 Å². The van der Waals surface area contributed by atoms with E-state index in [1.807, 2.05) is 30.3 Å². The molecular formula is C17H25BClNO2. The summed E-state index contributed by atoms with van der Waals surface area (Å²) in [4.78, 5) is 0. The van der Waals surface area contributed by atoms with Crippen LogP contribution in [0.5, 0.6) is 0 Å². The molecule has 0 amide bonds. The van der Waals surface area contributed by atoms with Crippen molar-refractivity contribution >= 4 is 19.5 Å². The van der Waals surface area contributed by atoms with E-state index >= 15 is 0 Å². The lowest BCUT2D eigenvalue weighted by atomic mass is 9.43. The maximum absolute atomic E-state index is 6.41. The summed E-state index contributed by atoms with van der Waals surface area (Å²) in [6.45, 7) is 6.99. The third-order valence-electron chi connectivity index (χ3n) is 6.45. The van der Waals surface area contributed by atoms with Gasteiger partial charge in [0.15, 0.2) is 0 Å². The minimum atomic E-state index is -0.322. The van der Waals surface area contributed by atoms with E-state index in [1.165, 1.54) is 6.42 Å². The topological polar surface area (TPSA) is 44.5 Å². The highest BCUT2D eigenvalue weighted by Crippen LogP contribution is 2.65. The summed E-state index contributed by atoms with van der Waals surface area (Å²) in [5.41, 5.74) is 7.67. The number of rotatable bonds is 2. The molecule has 5 atom stereocenters. The van der Waals surface area contributed by atoms with E-state index in [0.717, 1.165) is 17.9 Å². The molecule has 120 valence electrons. The fraction of sp³-hybridized carbons (Fsp3) is 0.647. The van der Waals surface area contributed by atoms with Gasteiger partial charge in [-0.05, 0) is 42.6 Å². The van der Waals surface area contributed by atoms with Gasteiger partial charge in [0.1, 0.15) is 0 Å². The zero-order valence-electron chi connectivity index (χ0n) is 13.5. The summed E-state index contributed by atoms with van der Waals surface area (Å²) in [7, 11) is -0.322. The Morgan fingerprint density at radius 2 is 1.86 bits per heavy atom. The Bertz CT molecular complexity index is 555. The van der Waals surface area contributed by atoms with Gasteiger partial charge in [-0.3, -0.25) is 0 Å². The maximum atomic E-state index is 6.41. The second kappa shape index (κ2) is 5.24. The van der Waals surface area contributed by atoms with Crippen LogP contribution in [0.25, 0.3) is 0 Å². The normalized spacial score (nSPS) is 39.5. The Balaban J connectivity index is 0.00000144. The van der Waals surface area contributed by atoms with Gasteiger partial charge in [-0.2, -0.15) is 0 Å². The lowest BCUT2D eigenvalue weighted by Crippen LogP contribution is -2.65. The fourth-order valence-electron chi connectivity index (χ4n) is 4.88. The van der Waals surface area contributed by atoms with Crippen LogP contribution in [0.2, 0.25) is 0 Å². The van der Waals surface area contributed by atoms with Crippen molar-refractivity contribution in [2.75, 3.05) is 0 Å². The highest BCUT2D eigenvalue weighted by atomic mass is 35.5. The van der Waals surface area contributed by atoms with Crippen molar-refractivity contribution in [3.8, 4) is 0 Å². The van der Waals surface area contributed by atoms with Crippen LogP contribution in [0.1, 0.15) is 45.1 Å². The molecule has 3 aliphatic carbocycles. The molecule has 1 aromatic carbocycles. The summed E-state index contributed by atoms with van der Waals surface area (Å²) >= 11 is 0.